The third-order valence-electron chi connectivity index (χ3n) is 2.23. The molecule has 2 aromatic carbocycles. The van der Waals surface area contributed by atoms with Gasteiger partial charge in [-0.3, -0.25) is 10.1 Å². The van der Waals surface area contributed by atoms with Crippen molar-refractivity contribution < 1.29 is 9.31 Å². The minimum Gasteiger partial charge on any atom is -0.355 e. The Balaban J connectivity index is 2.28. The van der Waals surface area contributed by atoms with Crippen molar-refractivity contribution in [3.8, 4) is 0 Å². The lowest BCUT2D eigenvalue weighted by Gasteiger charge is -2.06. The molecule has 2 aromatic rings. The molecule has 0 bridgehead atoms. The molecule has 0 aliphatic heterocycles. The van der Waals surface area contributed by atoms with Crippen molar-refractivity contribution in [2.75, 3.05) is 5.32 Å². The van der Waals surface area contributed by atoms with Crippen LogP contribution in [-0.2, 0) is 0 Å². The number of nitro benzene ring substituents is 1. The summed E-state index contributed by atoms with van der Waals surface area (Å²) in [6, 6.07) is 10.8. The molecule has 18 heavy (non-hydrogen) atoms. The summed E-state index contributed by atoms with van der Waals surface area (Å²) in [5.41, 5.74) is 0.821. The lowest BCUT2D eigenvalue weighted by molar-refractivity contribution is -0.385. The molecule has 0 unspecified atom stereocenters. The van der Waals surface area contributed by atoms with Crippen LogP contribution in [0.2, 0.25) is 0 Å². The first-order valence-corrected chi connectivity index (χ1v) is 6.10. The Kier molecular flexibility index (Phi) is 3.75. The fourth-order valence-corrected chi connectivity index (χ4v) is 1.81. The average molecular weight is 358 g/mol. The number of nitrogens with zero attached hydrogens (tertiary/aromatic N) is 1. The van der Waals surface area contributed by atoms with Gasteiger partial charge in [-0.05, 0) is 52.9 Å². The molecule has 0 heterocycles. The Morgan fingerprint density at radius 3 is 2.39 bits per heavy atom. The largest absolute Gasteiger partial charge is 0.355 e. The molecule has 0 aromatic heterocycles. The first-order chi connectivity index (χ1) is 8.54. The Labute approximate surface area is 116 Å². The standard InChI is InChI=1S/C12H8FIN2O2/c13-8-5-11(7-12(6-8)16(17)18)15-10-3-1-9(14)2-4-10/h1-7,15H. The van der Waals surface area contributed by atoms with Crippen LogP contribution >= 0.6 is 22.6 Å². The summed E-state index contributed by atoms with van der Waals surface area (Å²) >= 11 is 2.17. The maximum Gasteiger partial charge on any atom is 0.274 e. The monoisotopic (exact) mass is 358 g/mol. The minimum absolute atomic E-state index is 0.275. The topological polar surface area (TPSA) is 55.2 Å². The zero-order valence-corrected chi connectivity index (χ0v) is 11.2. The van der Waals surface area contributed by atoms with E-state index in [1.54, 1.807) is 0 Å². The summed E-state index contributed by atoms with van der Waals surface area (Å²) < 4.78 is 14.3. The van der Waals surface area contributed by atoms with Crippen molar-refractivity contribution in [3.63, 3.8) is 0 Å². The zero-order valence-electron chi connectivity index (χ0n) is 9.06. The van der Waals surface area contributed by atoms with E-state index in [0.29, 0.717) is 5.69 Å². The Morgan fingerprint density at radius 1 is 1.11 bits per heavy atom. The molecular formula is C12H8FIN2O2. The smallest absolute Gasteiger partial charge is 0.274 e. The fraction of sp³-hybridized carbons (Fsp3) is 0. The third-order valence-corrected chi connectivity index (χ3v) is 2.95. The lowest BCUT2D eigenvalue weighted by Crippen LogP contribution is -1.94. The first-order valence-electron chi connectivity index (χ1n) is 5.02. The van der Waals surface area contributed by atoms with Gasteiger partial charge in [0, 0.05) is 21.0 Å². The van der Waals surface area contributed by atoms with Crippen LogP contribution in [0.3, 0.4) is 0 Å². The van der Waals surface area contributed by atoms with Crippen LogP contribution in [0.4, 0.5) is 21.5 Å². The Bertz CT molecular complexity index is 587. The van der Waals surface area contributed by atoms with Crippen molar-refractivity contribution in [2.24, 2.45) is 0 Å². The number of nitro groups is 1. The van der Waals surface area contributed by atoms with Gasteiger partial charge in [0.05, 0.1) is 11.0 Å². The summed E-state index contributed by atoms with van der Waals surface area (Å²) in [5, 5.41) is 13.5. The van der Waals surface area contributed by atoms with Crippen LogP contribution in [0.25, 0.3) is 0 Å². The second kappa shape index (κ2) is 5.30. The van der Waals surface area contributed by atoms with Crippen LogP contribution < -0.4 is 5.32 Å². The lowest BCUT2D eigenvalue weighted by atomic mass is 10.2. The van der Waals surface area contributed by atoms with E-state index in [-0.39, 0.29) is 5.69 Å². The molecule has 0 spiro atoms. The summed E-state index contributed by atoms with van der Waals surface area (Å²) in [5.74, 6) is -0.641. The van der Waals surface area contributed by atoms with Gasteiger partial charge in [-0.15, -0.1) is 0 Å². The second-order valence-electron chi connectivity index (χ2n) is 3.59. The molecule has 6 heteroatoms. The highest BCUT2D eigenvalue weighted by molar-refractivity contribution is 14.1. The normalized spacial score (nSPS) is 10.1. The molecular weight excluding hydrogens is 350 g/mol. The quantitative estimate of drug-likeness (QED) is 0.511. The van der Waals surface area contributed by atoms with Crippen LogP contribution in [0, 0.1) is 19.5 Å². The third kappa shape index (κ3) is 3.16. The number of hydrogen-bond donors (Lipinski definition) is 1. The second-order valence-corrected chi connectivity index (χ2v) is 4.83. The molecule has 0 radical (unpaired) electrons. The summed E-state index contributed by atoms with van der Waals surface area (Å²) in [7, 11) is 0. The van der Waals surface area contributed by atoms with E-state index in [9.17, 15) is 14.5 Å². The van der Waals surface area contributed by atoms with Gasteiger partial charge < -0.3 is 5.32 Å². The Morgan fingerprint density at radius 2 is 1.78 bits per heavy atom. The van der Waals surface area contributed by atoms with Gasteiger partial charge in [0.15, 0.2) is 0 Å². The maximum atomic E-state index is 13.2. The van der Waals surface area contributed by atoms with Crippen LogP contribution in [0.1, 0.15) is 0 Å². The number of non-ortho nitro benzene ring substituents is 1. The molecule has 1 N–H and O–H groups in total. The van der Waals surface area contributed by atoms with Crippen LogP contribution in [-0.4, -0.2) is 4.92 Å². The van der Waals surface area contributed by atoms with E-state index in [1.165, 1.54) is 12.1 Å². The molecule has 0 saturated heterocycles. The van der Waals surface area contributed by atoms with Crippen LogP contribution in [0.5, 0.6) is 0 Å². The number of rotatable bonds is 3. The van der Waals surface area contributed by atoms with Crippen molar-refractivity contribution >= 4 is 39.7 Å². The number of anilines is 2. The highest BCUT2D eigenvalue weighted by Crippen LogP contribution is 2.23. The van der Waals surface area contributed by atoms with Crippen molar-refractivity contribution in [3.05, 3.63) is 62.0 Å². The van der Waals surface area contributed by atoms with Gasteiger partial charge in [0.25, 0.3) is 5.69 Å². The van der Waals surface area contributed by atoms with E-state index in [1.807, 2.05) is 24.3 Å². The van der Waals surface area contributed by atoms with Gasteiger partial charge in [0.2, 0.25) is 0 Å². The van der Waals surface area contributed by atoms with Gasteiger partial charge in [-0.25, -0.2) is 4.39 Å². The van der Waals surface area contributed by atoms with E-state index in [2.05, 4.69) is 27.9 Å². The van der Waals surface area contributed by atoms with E-state index >= 15 is 0 Å². The predicted molar refractivity (Wildman–Crippen MR) is 75.5 cm³/mol. The molecule has 0 aliphatic rings. The molecule has 2 rings (SSSR count). The number of halogens is 2. The summed E-state index contributed by atoms with van der Waals surface area (Å²) in [6.45, 7) is 0. The SMILES string of the molecule is O=[N+]([O-])c1cc(F)cc(Nc2ccc(I)cc2)c1. The molecule has 0 saturated carbocycles. The highest BCUT2D eigenvalue weighted by atomic mass is 127. The molecule has 92 valence electrons. The average Bonchev–Trinajstić information content (AvgIpc) is 2.31. The fourth-order valence-electron chi connectivity index (χ4n) is 1.45. The molecule has 0 atom stereocenters. The number of benzene rings is 2. The first kappa shape index (κ1) is 12.7. The van der Waals surface area contributed by atoms with Crippen molar-refractivity contribution in [1.29, 1.82) is 0 Å². The number of hydrogen-bond acceptors (Lipinski definition) is 3. The van der Waals surface area contributed by atoms with Gasteiger partial charge >= 0.3 is 0 Å². The van der Waals surface area contributed by atoms with Crippen molar-refractivity contribution in [1.82, 2.24) is 0 Å². The summed E-state index contributed by atoms with van der Waals surface area (Å²) in [4.78, 5) is 9.99. The Hall–Kier alpha value is -1.70. The van der Waals surface area contributed by atoms with Gasteiger partial charge in [-0.2, -0.15) is 0 Å². The zero-order chi connectivity index (χ0) is 13.1. The maximum absolute atomic E-state index is 13.2. The van der Waals surface area contributed by atoms with E-state index in [0.717, 1.165) is 15.3 Å². The highest BCUT2D eigenvalue weighted by Gasteiger charge is 2.09. The predicted octanol–water partition coefficient (Wildman–Crippen LogP) is 4.08. The molecule has 0 amide bonds. The number of nitrogens with one attached hydrogen (secondary N) is 1. The van der Waals surface area contributed by atoms with E-state index < -0.39 is 10.7 Å². The van der Waals surface area contributed by atoms with Crippen molar-refractivity contribution in [2.45, 2.75) is 0 Å². The van der Waals surface area contributed by atoms with Crippen LogP contribution in [0.15, 0.2) is 42.5 Å². The minimum atomic E-state index is -0.641. The van der Waals surface area contributed by atoms with E-state index in [4.69, 9.17) is 0 Å². The molecule has 4 nitrogen and oxygen atoms in total. The summed E-state index contributed by atoms with van der Waals surface area (Å²) in [6.07, 6.45) is 0. The molecule has 0 aliphatic carbocycles. The van der Waals surface area contributed by atoms with Gasteiger partial charge in [0.1, 0.15) is 5.82 Å². The molecule has 0 fully saturated rings. The van der Waals surface area contributed by atoms with Gasteiger partial charge in [-0.1, -0.05) is 0 Å².